The summed E-state index contributed by atoms with van der Waals surface area (Å²) in [6.07, 6.45) is 0.467. The zero-order chi connectivity index (χ0) is 22.4. The van der Waals surface area contributed by atoms with E-state index in [1.807, 2.05) is 26.0 Å². The lowest BCUT2D eigenvalue weighted by atomic mass is 9.84. The molecule has 0 saturated heterocycles. The number of ether oxygens (including phenoxy) is 1. The maximum Gasteiger partial charge on any atom is 0.319 e. The lowest BCUT2D eigenvalue weighted by Crippen LogP contribution is -2.46. The van der Waals surface area contributed by atoms with Gasteiger partial charge in [0.25, 0.3) is 0 Å². The quantitative estimate of drug-likeness (QED) is 0.506. The lowest BCUT2D eigenvalue weighted by Gasteiger charge is -2.29. The molecular formula is C22H33BrN2O4. The van der Waals surface area contributed by atoms with Crippen LogP contribution in [0, 0.1) is 11.3 Å². The van der Waals surface area contributed by atoms with E-state index >= 15 is 0 Å². The van der Waals surface area contributed by atoms with Gasteiger partial charge in [0.2, 0.25) is 0 Å². The molecule has 2 N–H and O–H groups in total. The maximum atomic E-state index is 12.9. The molecule has 0 bridgehead atoms. The number of esters is 1. The van der Waals surface area contributed by atoms with Gasteiger partial charge in [-0.1, -0.05) is 29.8 Å². The van der Waals surface area contributed by atoms with Crippen LogP contribution in [0.5, 0.6) is 0 Å². The number of urea groups is 1. The van der Waals surface area contributed by atoms with Crippen molar-refractivity contribution in [1.82, 2.24) is 5.32 Å². The first-order chi connectivity index (χ1) is 13.2. The van der Waals surface area contributed by atoms with Crippen LogP contribution in [0.4, 0.5) is 10.5 Å². The molecule has 0 aliphatic heterocycles. The number of hydrogen-bond donors (Lipinski definition) is 2. The summed E-state index contributed by atoms with van der Waals surface area (Å²) in [6.45, 7) is 12.7. The van der Waals surface area contributed by atoms with E-state index in [0.29, 0.717) is 12.1 Å². The molecule has 0 aliphatic rings. The van der Waals surface area contributed by atoms with Crippen molar-refractivity contribution in [2.45, 2.75) is 73.0 Å². The standard InChI is InChI=1S/C22H33BrN2O4/c1-14(2)12-17(25-20(28)24-16-10-8-15(23)9-11-16)18(26)13-22(6,7)19(27)29-21(3,4)5/h8-11,14,17H,12-13H2,1-7H3,(H2,24,25,28)/t17-/m0/s1. The van der Waals surface area contributed by atoms with Gasteiger partial charge in [0, 0.05) is 16.6 Å². The average Bonchev–Trinajstić information content (AvgIpc) is 2.54. The van der Waals surface area contributed by atoms with E-state index in [9.17, 15) is 14.4 Å². The summed E-state index contributed by atoms with van der Waals surface area (Å²) < 4.78 is 6.34. The molecule has 0 fully saturated rings. The summed E-state index contributed by atoms with van der Waals surface area (Å²) in [5.74, 6) is -0.428. The van der Waals surface area contributed by atoms with Gasteiger partial charge < -0.3 is 15.4 Å². The van der Waals surface area contributed by atoms with Crippen molar-refractivity contribution in [2.75, 3.05) is 5.32 Å². The Labute approximate surface area is 182 Å². The highest BCUT2D eigenvalue weighted by Crippen LogP contribution is 2.27. The topological polar surface area (TPSA) is 84.5 Å². The number of ketones is 1. The Morgan fingerprint density at radius 3 is 2.07 bits per heavy atom. The van der Waals surface area contributed by atoms with Crippen molar-refractivity contribution < 1.29 is 19.1 Å². The highest BCUT2D eigenvalue weighted by molar-refractivity contribution is 9.10. The number of rotatable bonds is 8. The third-order valence-corrected chi connectivity index (χ3v) is 4.60. The molecule has 2 amide bonds. The van der Waals surface area contributed by atoms with E-state index in [-0.39, 0.29) is 18.1 Å². The zero-order valence-electron chi connectivity index (χ0n) is 18.4. The number of Topliss-reactive ketones (excluding diaryl/α,β-unsaturated/α-hetero) is 1. The summed E-state index contributed by atoms with van der Waals surface area (Å²) in [7, 11) is 0. The molecule has 0 heterocycles. The van der Waals surface area contributed by atoms with Crippen LogP contribution in [-0.4, -0.2) is 29.4 Å². The molecule has 0 aromatic heterocycles. The fourth-order valence-corrected chi connectivity index (χ4v) is 2.91. The Hall–Kier alpha value is -1.89. The van der Waals surface area contributed by atoms with Crippen molar-refractivity contribution >= 4 is 39.4 Å². The molecule has 162 valence electrons. The van der Waals surface area contributed by atoms with Crippen LogP contribution in [0.1, 0.15) is 61.3 Å². The Morgan fingerprint density at radius 1 is 1.03 bits per heavy atom. The van der Waals surface area contributed by atoms with Gasteiger partial charge in [0.1, 0.15) is 5.60 Å². The smallest absolute Gasteiger partial charge is 0.319 e. The third kappa shape index (κ3) is 9.43. The van der Waals surface area contributed by atoms with Crippen molar-refractivity contribution in [2.24, 2.45) is 11.3 Å². The van der Waals surface area contributed by atoms with Crippen LogP contribution in [0.3, 0.4) is 0 Å². The average molecular weight is 469 g/mol. The minimum Gasteiger partial charge on any atom is -0.460 e. The van der Waals surface area contributed by atoms with Crippen molar-refractivity contribution in [1.29, 1.82) is 0 Å². The fraction of sp³-hybridized carbons (Fsp3) is 0.591. The van der Waals surface area contributed by atoms with E-state index in [1.54, 1.807) is 46.8 Å². The molecule has 29 heavy (non-hydrogen) atoms. The van der Waals surface area contributed by atoms with Gasteiger partial charge in [-0.3, -0.25) is 9.59 Å². The summed E-state index contributed by atoms with van der Waals surface area (Å²) in [5.41, 5.74) is -0.989. The van der Waals surface area contributed by atoms with Gasteiger partial charge >= 0.3 is 12.0 Å². The summed E-state index contributed by atoms with van der Waals surface area (Å²) in [5, 5.41) is 5.49. The van der Waals surface area contributed by atoms with Gasteiger partial charge in [-0.15, -0.1) is 0 Å². The van der Waals surface area contributed by atoms with Gasteiger partial charge in [0.15, 0.2) is 5.78 Å². The van der Waals surface area contributed by atoms with Crippen LogP contribution < -0.4 is 10.6 Å². The maximum absolute atomic E-state index is 12.9. The normalized spacial score (nSPS) is 13.0. The molecule has 6 nitrogen and oxygen atoms in total. The molecule has 0 radical (unpaired) electrons. The second kappa shape index (κ2) is 10.2. The zero-order valence-corrected chi connectivity index (χ0v) is 20.0. The van der Waals surface area contributed by atoms with E-state index in [0.717, 1.165) is 4.47 Å². The van der Waals surface area contributed by atoms with Gasteiger partial charge in [-0.25, -0.2) is 4.79 Å². The number of carbonyl (C=O) groups is 3. The molecule has 0 aliphatic carbocycles. The van der Waals surface area contributed by atoms with E-state index in [1.165, 1.54) is 0 Å². The SMILES string of the molecule is CC(C)C[C@H](NC(=O)Nc1ccc(Br)cc1)C(=O)CC(C)(C)C(=O)OC(C)(C)C. The van der Waals surface area contributed by atoms with Gasteiger partial charge in [-0.05, 0) is 71.2 Å². The van der Waals surface area contributed by atoms with E-state index < -0.39 is 29.1 Å². The molecule has 1 aromatic rings. The Kier molecular flexibility index (Phi) is 8.87. The van der Waals surface area contributed by atoms with Crippen LogP contribution in [0.15, 0.2) is 28.7 Å². The summed E-state index contributed by atoms with van der Waals surface area (Å²) in [4.78, 5) is 37.8. The number of amides is 2. The van der Waals surface area contributed by atoms with Crippen LogP contribution in [0.2, 0.25) is 0 Å². The van der Waals surface area contributed by atoms with Crippen LogP contribution in [0.25, 0.3) is 0 Å². The minimum atomic E-state index is -0.983. The monoisotopic (exact) mass is 468 g/mol. The second-order valence-electron chi connectivity index (χ2n) is 9.32. The Bertz CT molecular complexity index is 721. The first-order valence-corrected chi connectivity index (χ1v) is 10.6. The van der Waals surface area contributed by atoms with E-state index in [4.69, 9.17) is 4.74 Å². The summed E-state index contributed by atoms with van der Waals surface area (Å²) >= 11 is 3.34. The Balaban J connectivity index is 2.82. The highest BCUT2D eigenvalue weighted by atomic mass is 79.9. The predicted molar refractivity (Wildman–Crippen MR) is 119 cm³/mol. The van der Waals surface area contributed by atoms with Crippen molar-refractivity contribution in [3.05, 3.63) is 28.7 Å². The van der Waals surface area contributed by atoms with Gasteiger partial charge in [0.05, 0.1) is 11.5 Å². The number of nitrogens with one attached hydrogen (secondary N) is 2. The molecule has 7 heteroatoms. The fourth-order valence-electron chi connectivity index (χ4n) is 2.65. The first-order valence-electron chi connectivity index (χ1n) is 9.79. The molecule has 1 aromatic carbocycles. The van der Waals surface area contributed by atoms with Crippen molar-refractivity contribution in [3.63, 3.8) is 0 Å². The number of anilines is 1. The van der Waals surface area contributed by atoms with Crippen molar-refractivity contribution in [3.8, 4) is 0 Å². The predicted octanol–water partition coefficient (Wildman–Crippen LogP) is 5.31. The molecular weight excluding hydrogens is 436 g/mol. The summed E-state index contributed by atoms with van der Waals surface area (Å²) in [6, 6.07) is 6.00. The number of carbonyl (C=O) groups excluding carboxylic acids is 3. The van der Waals surface area contributed by atoms with Gasteiger partial charge in [-0.2, -0.15) is 0 Å². The lowest BCUT2D eigenvalue weighted by molar-refractivity contribution is -0.167. The molecule has 1 rings (SSSR count). The van der Waals surface area contributed by atoms with E-state index in [2.05, 4.69) is 26.6 Å². The molecule has 1 atom stereocenters. The molecule has 0 unspecified atom stereocenters. The number of benzene rings is 1. The number of hydrogen-bond acceptors (Lipinski definition) is 4. The second-order valence-corrected chi connectivity index (χ2v) is 10.2. The minimum absolute atomic E-state index is 0.0160. The van der Waals surface area contributed by atoms with Crippen LogP contribution >= 0.6 is 15.9 Å². The molecule has 0 saturated carbocycles. The largest absolute Gasteiger partial charge is 0.460 e. The Morgan fingerprint density at radius 2 is 1.59 bits per heavy atom. The molecule has 0 spiro atoms. The first kappa shape index (κ1) is 25.1. The highest BCUT2D eigenvalue weighted by Gasteiger charge is 2.37. The third-order valence-electron chi connectivity index (χ3n) is 4.07. The van der Waals surface area contributed by atoms with Crippen LogP contribution in [-0.2, 0) is 14.3 Å². The number of halogens is 1.